The van der Waals surface area contributed by atoms with E-state index in [0.29, 0.717) is 24.9 Å². The summed E-state index contributed by atoms with van der Waals surface area (Å²) in [5, 5.41) is 7.10. The van der Waals surface area contributed by atoms with E-state index < -0.39 is 0 Å². The van der Waals surface area contributed by atoms with Gasteiger partial charge in [-0.25, -0.2) is 4.98 Å². The number of methoxy groups -OCH3 is 1. The van der Waals surface area contributed by atoms with Crippen LogP contribution in [0.3, 0.4) is 0 Å². The quantitative estimate of drug-likeness (QED) is 0.776. The molecule has 0 amide bonds. The smallest absolute Gasteiger partial charge is 0.240 e. The van der Waals surface area contributed by atoms with Crippen LogP contribution in [0.25, 0.3) is 0 Å². The van der Waals surface area contributed by atoms with Gasteiger partial charge in [-0.1, -0.05) is 5.16 Å². The highest BCUT2D eigenvalue weighted by Gasteiger charge is 2.08. The predicted molar refractivity (Wildman–Crippen MR) is 63.5 cm³/mol. The summed E-state index contributed by atoms with van der Waals surface area (Å²) in [6, 6.07) is 0.289. The summed E-state index contributed by atoms with van der Waals surface area (Å²) in [6.07, 6.45) is 5.49. The SMILES string of the molecule is COCc1noc(CNC(C)Cn2ccnc2)n1. The van der Waals surface area contributed by atoms with Crippen molar-refractivity contribution in [1.82, 2.24) is 25.0 Å². The molecule has 0 bridgehead atoms. The molecule has 2 heterocycles. The Morgan fingerprint density at radius 3 is 3.17 bits per heavy atom. The maximum Gasteiger partial charge on any atom is 0.240 e. The fourth-order valence-corrected chi connectivity index (χ4v) is 1.59. The third-order valence-corrected chi connectivity index (χ3v) is 2.43. The first-order valence-electron chi connectivity index (χ1n) is 5.77. The van der Waals surface area contributed by atoms with Gasteiger partial charge < -0.3 is 19.1 Å². The lowest BCUT2D eigenvalue weighted by molar-refractivity contribution is 0.174. The largest absolute Gasteiger partial charge is 0.377 e. The lowest BCUT2D eigenvalue weighted by Crippen LogP contribution is -2.29. The number of hydrogen-bond acceptors (Lipinski definition) is 6. The van der Waals surface area contributed by atoms with Gasteiger partial charge in [0, 0.05) is 32.1 Å². The minimum atomic E-state index is 0.289. The highest BCUT2D eigenvalue weighted by atomic mass is 16.5. The minimum absolute atomic E-state index is 0.289. The molecule has 0 aromatic carbocycles. The lowest BCUT2D eigenvalue weighted by Gasteiger charge is -2.12. The fraction of sp³-hybridized carbons (Fsp3) is 0.545. The Morgan fingerprint density at radius 2 is 2.44 bits per heavy atom. The number of imidazole rings is 1. The maximum absolute atomic E-state index is 5.08. The Labute approximate surface area is 105 Å². The average Bonchev–Trinajstić information content (AvgIpc) is 2.99. The van der Waals surface area contributed by atoms with Gasteiger partial charge in [0.2, 0.25) is 5.89 Å². The number of ether oxygens (including phenoxy) is 1. The molecule has 7 heteroatoms. The van der Waals surface area contributed by atoms with E-state index in [1.165, 1.54) is 0 Å². The van der Waals surface area contributed by atoms with Gasteiger partial charge in [-0.15, -0.1) is 0 Å². The fourth-order valence-electron chi connectivity index (χ4n) is 1.59. The second-order valence-corrected chi connectivity index (χ2v) is 4.08. The zero-order valence-corrected chi connectivity index (χ0v) is 10.5. The molecule has 0 fully saturated rings. The van der Waals surface area contributed by atoms with Crippen molar-refractivity contribution in [3.8, 4) is 0 Å². The second kappa shape index (κ2) is 6.27. The molecule has 0 aliphatic rings. The molecule has 2 aromatic rings. The molecule has 1 unspecified atom stereocenters. The Bertz CT molecular complexity index is 454. The summed E-state index contributed by atoms with van der Waals surface area (Å²) >= 11 is 0. The lowest BCUT2D eigenvalue weighted by atomic mass is 10.3. The van der Waals surface area contributed by atoms with Crippen molar-refractivity contribution < 1.29 is 9.26 Å². The standard InChI is InChI=1S/C11H17N5O2/c1-9(6-16-4-3-12-8-16)13-5-11-14-10(7-17-2)15-18-11/h3-4,8-9,13H,5-7H2,1-2H3. The Kier molecular flexibility index (Phi) is 4.43. The third kappa shape index (κ3) is 3.64. The van der Waals surface area contributed by atoms with Crippen molar-refractivity contribution >= 4 is 0 Å². The van der Waals surface area contributed by atoms with Crippen LogP contribution < -0.4 is 5.32 Å². The van der Waals surface area contributed by atoms with Gasteiger partial charge in [-0.3, -0.25) is 0 Å². The number of nitrogens with zero attached hydrogens (tertiary/aromatic N) is 4. The first-order valence-corrected chi connectivity index (χ1v) is 5.77. The average molecular weight is 251 g/mol. The molecule has 0 spiro atoms. The van der Waals surface area contributed by atoms with Crippen LogP contribution in [0.15, 0.2) is 23.2 Å². The number of nitrogens with one attached hydrogen (secondary N) is 1. The summed E-state index contributed by atoms with van der Waals surface area (Å²) in [5.41, 5.74) is 0. The van der Waals surface area contributed by atoms with E-state index in [1.807, 2.05) is 10.8 Å². The minimum Gasteiger partial charge on any atom is -0.377 e. The summed E-state index contributed by atoms with van der Waals surface area (Å²) in [5.74, 6) is 1.14. The topological polar surface area (TPSA) is 78.0 Å². The normalized spacial score (nSPS) is 12.8. The molecule has 0 radical (unpaired) electrons. The van der Waals surface area contributed by atoms with Crippen LogP contribution in [0.5, 0.6) is 0 Å². The van der Waals surface area contributed by atoms with E-state index in [1.54, 1.807) is 19.6 Å². The highest BCUT2D eigenvalue weighted by molar-refractivity contribution is 4.85. The van der Waals surface area contributed by atoms with Gasteiger partial charge >= 0.3 is 0 Å². The zero-order chi connectivity index (χ0) is 12.8. The third-order valence-electron chi connectivity index (χ3n) is 2.43. The molecule has 2 aromatic heterocycles. The summed E-state index contributed by atoms with van der Waals surface area (Å²) in [7, 11) is 1.60. The molecule has 0 saturated heterocycles. The van der Waals surface area contributed by atoms with Gasteiger partial charge in [0.15, 0.2) is 5.82 Å². The van der Waals surface area contributed by atoms with Gasteiger partial charge in [-0.05, 0) is 6.92 Å². The van der Waals surface area contributed by atoms with Gasteiger partial charge in [0.1, 0.15) is 6.61 Å². The van der Waals surface area contributed by atoms with Crippen molar-refractivity contribution in [3.05, 3.63) is 30.4 Å². The van der Waals surface area contributed by atoms with Crippen LogP contribution >= 0.6 is 0 Å². The molecule has 0 saturated carbocycles. The second-order valence-electron chi connectivity index (χ2n) is 4.08. The first-order chi connectivity index (χ1) is 8.78. The van der Waals surface area contributed by atoms with Crippen molar-refractivity contribution in [3.63, 3.8) is 0 Å². The van der Waals surface area contributed by atoms with Crippen LogP contribution in [-0.4, -0.2) is 32.8 Å². The number of hydrogen-bond donors (Lipinski definition) is 1. The monoisotopic (exact) mass is 251 g/mol. The van der Waals surface area contributed by atoms with E-state index in [2.05, 4.69) is 27.4 Å². The Hall–Kier alpha value is -1.73. The predicted octanol–water partition coefficient (Wildman–Crippen LogP) is 0.591. The molecule has 7 nitrogen and oxygen atoms in total. The molecule has 1 N–H and O–H groups in total. The van der Waals surface area contributed by atoms with E-state index in [0.717, 1.165) is 6.54 Å². The van der Waals surface area contributed by atoms with Crippen LogP contribution in [0, 0.1) is 0 Å². The van der Waals surface area contributed by atoms with Gasteiger partial charge in [0.05, 0.1) is 12.9 Å². The van der Waals surface area contributed by atoms with E-state index in [4.69, 9.17) is 9.26 Å². The molecular formula is C11H17N5O2. The zero-order valence-electron chi connectivity index (χ0n) is 10.5. The molecule has 1 atom stereocenters. The van der Waals surface area contributed by atoms with Crippen LogP contribution in [0.4, 0.5) is 0 Å². The molecule has 0 aliphatic heterocycles. The first kappa shape index (κ1) is 12.7. The van der Waals surface area contributed by atoms with Crippen molar-refractivity contribution in [2.24, 2.45) is 0 Å². The summed E-state index contributed by atoms with van der Waals surface area (Å²) in [4.78, 5) is 8.18. The highest BCUT2D eigenvalue weighted by Crippen LogP contribution is 1.99. The Morgan fingerprint density at radius 1 is 1.56 bits per heavy atom. The van der Waals surface area contributed by atoms with Gasteiger partial charge in [0.25, 0.3) is 0 Å². The van der Waals surface area contributed by atoms with E-state index in [-0.39, 0.29) is 6.04 Å². The Balaban J connectivity index is 1.76. The van der Waals surface area contributed by atoms with Crippen LogP contribution in [0.2, 0.25) is 0 Å². The molecule has 2 rings (SSSR count). The van der Waals surface area contributed by atoms with Crippen LogP contribution in [0.1, 0.15) is 18.6 Å². The van der Waals surface area contributed by atoms with E-state index >= 15 is 0 Å². The molecule has 0 aliphatic carbocycles. The molecular weight excluding hydrogens is 234 g/mol. The van der Waals surface area contributed by atoms with Crippen molar-refractivity contribution in [1.29, 1.82) is 0 Å². The molecule has 98 valence electrons. The summed E-state index contributed by atoms with van der Waals surface area (Å²) < 4.78 is 12.0. The van der Waals surface area contributed by atoms with E-state index in [9.17, 15) is 0 Å². The maximum atomic E-state index is 5.08. The van der Waals surface area contributed by atoms with Crippen LogP contribution in [-0.2, 0) is 24.4 Å². The van der Waals surface area contributed by atoms with Crippen molar-refractivity contribution in [2.75, 3.05) is 7.11 Å². The number of aromatic nitrogens is 4. The van der Waals surface area contributed by atoms with Gasteiger partial charge in [-0.2, -0.15) is 4.98 Å². The molecule has 18 heavy (non-hydrogen) atoms. The van der Waals surface area contributed by atoms with Crippen molar-refractivity contribution in [2.45, 2.75) is 32.7 Å². The summed E-state index contributed by atoms with van der Waals surface area (Å²) in [6.45, 7) is 3.85. The number of rotatable bonds is 7.